The van der Waals surface area contributed by atoms with Crippen molar-refractivity contribution in [3.8, 4) is 0 Å². The third kappa shape index (κ3) is 6.14. The molecule has 18 heavy (non-hydrogen) atoms. The molecule has 1 fully saturated rings. The fraction of sp³-hybridized carbons (Fsp3) is 1.00. The first-order chi connectivity index (χ1) is 8.63. The molecule has 0 aromatic rings. The van der Waals surface area contributed by atoms with Crippen molar-refractivity contribution >= 4 is 0 Å². The van der Waals surface area contributed by atoms with Crippen molar-refractivity contribution in [2.45, 2.75) is 45.3 Å². The number of nitrogens with two attached hydrogens (primary N) is 1. The first-order valence-corrected chi connectivity index (χ1v) is 7.37. The van der Waals surface area contributed by atoms with Gasteiger partial charge in [-0.05, 0) is 46.8 Å². The summed E-state index contributed by atoms with van der Waals surface area (Å²) in [7, 11) is 2.10. The summed E-state index contributed by atoms with van der Waals surface area (Å²) < 4.78 is 5.95. The zero-order chi connectivity index (χ0) is 13.4. The third-order valence-electron chi connectivity index (χ3n) is 3.72. The minimum absolute atomic E-state index is 0.286. The molecule has 1 aliphatic rings. The highest BCUT2D eigenvalue weighted by Gasteiger charge is 2.17. The molecule has 0 aliphatic carbocycles. The van der Waals surface area contributed by atoms with Crippen molar-refractivity contribution in [3.05, 3.63) is 0 Å². The van der Waals surface area contributed by atoms with Crippen LogP contribution in [-0.4, -0.2) is 68.3 Å². The number of ether oxygens (including phenoxy) is 1. The SMILES string of the molecule is CC(CN(C)CCN)OCC(C)N1CCCCC1. The summed E-state index contributed by atoms with van der Waals surface area (Å²) in [6.45, 7) is 10.4. The fourth-order valence-corrected chi connectivity index (χ4v) is 2.57. The lowest BCUT2D eigenvalue weighted by molar-refractivity contribution is 0.00420. The van der Waals surface area contributed by atoms with Crippen LogP contribution in [-0.2, 0) is 4.74 Å². The van der Waals surface area contributed by atoms with Gasteiger partial charge in [-0.25, -0.2) is 0 Å². The first kappa shape index (κ1) is 15.9. The van der Waals surface area contributed by atoms with E-state index in [1.54, 1.807) is 0 Å². The van der Waals surface area contributed by atoms with E-state index in [-0.39, 0.29) is 6.10 Å². The highest BCUT2D eigenvalue weighted by Crippen LogP contribution is 2.12. The van der Waals surface area contributed by atoms with Gasteiger partial charge >= 0.3 is 0 Å². The minimum Gasteiger partial charge on any atom is -0.376 e. The molecule has 1 rings (SSSR count). The Kier molecular flexibility index (Phi) is 7.82. The van der Waals surface area contributed by atoms with Crippen LogP contribution in [0.4, 0.5) is 0 Å². The largest absolute Gasteiger partial charge is 0.376 e. The Balaban J connectivity index is 2.14. The molecular formula is C14H31N3O. The first-order valence-electron chi connectivity index (χ1n) is 7.37. The number of rotatable bonds is 8. The van der Waals surface area contributed by atoms with Gasteiger partial charge in [-0.2, -0.15) is 0 Å². The van der Waals surface area contributed by atoms with E-state index in [4.69, 9.17) is 10.5 Å². The molecule has 0 aromatic carbocycles. The minimum atomic E-state index is 0.286. The van der Waals surface area contributed by atoms with Crippen LogP contribution in [0.3, 0.4) is 0 Å². The molecule has 4 nitrogen and oxygen atoms in total. The van der Waals surface area contributed by atoms with Gasteiger partial charge in [0.2, 0.25) is 0 Å². The highest BCUT2D eigenvalue weighted by molar-refractivity contribution is 4.71. The predicted molar refractivity (Wildman–Crippen MR) is 76.9 cm³/mol. The molecule has 0 aromatic heterocycles. The molecule has 2 unspecified atom stereocenters. The van der Waals surface area contributed by atoms with Crippen LogP contribution in [0.1, 0.15) is 33.1 Å². The van der Waals surface area contributed by atoms with Gasteiger partial charge in [-0.15, -0.1) is 0 Å². The number of nitrogens with zero attached hydrogens (tertiary/aromatic N) is 2. The molecule has 2 atom stereocenters. The molecule has 1 heterocycles. The van der Waals surface area contributed by atoms with E-state index in [9.17, 15) is 0 Å². The van der Waals surface area contributed by atoms with Crippen LogP contribution in [0.25, 0.3) is 0 Å². The maximum absolute atomic E-state index is 5.95. The summed E-state index contributed by atoms with van der Waals surface area (Å²) in [6, 6.07) is 0.549. The predicted octanol–water partition coefficient (Wildman–Crippen LogP) is 1.16. The second-order valence-electron chi connectivity index (χ2n) is 5.64. The van der Waals surface area contributed by atoms with Crippen molar-refractivity contribution in [3.63, 3.8) is 0 Å². The molecule has 0 saturated carbocycles. The van der Waals surface area contributed by atoms with Crippen molar-refractivity contribution in [1.29, 1.82) is 0 Å². The number of likely N-dealkylation sites (tertiary alicyclic amines) is 1. The Bertz CT molecular complexity index is 207. The average Bonchev–Trinajstić information content (AvgIpc) is 2.37. The van der Waals surface area contributed by atoms with Gasteiger partial charge in [0, 0.05) is 25.7 Å². The summed E-state index contributed by atoms with van der Waals surface area (Å²) >= 11 is 0. The van der Waals surface area contributed by atoms with Crippen molar-refractivity contribution in [2.75, 3.05) is 46.4 Å². The monoisotopic (exact) mass is 257 g/mol. The lowest BCUT2D eigenvalue weighted by Crippen LogP contribution is -2.41. The van der Waals surface area contributed by atoms with Crippen LogP contribution >= 0.6 is 0 Å². The van der Waals surface area contributed by atoms with E-state index in [1.165, 1.54) is 32.4 Å². The van der Waals surface area contributed by atoms with Crippen molar-refractivity contribution in [1.82, 2.24) is 9.80 Å². The van der Waals surface area contributed by atoms with Gasteiger partial charge in [0.25, 0.3) is 0 Å². The Morgan fingerprint density at radius 3 is 2.50 bits per heavy atom. The summed E-state index contributed by atoms with van der Waals surface area (Å²) in [6.07, 6.45) is 4.37. The Hall–Kier alpha value is -0.160. The van der Waals surface area contributed by atoms with E-state index in [0.29, 0.717) is 12.6 Å². The van der Waals surface area contributed by atoms with Gasteiger partial charge in [0.05, 0.1) is 12.7 Å². The highest BCUT2D eigenvalue weighted by atomic mass is 16.5. The van der Waals surface area contributed by atoms with E-state index in [2.05, 4.69) is 30.7 Å². The Labute approximate surface area is 112 Å². The standard InChI is InChI=1S/C14H31N3O/c1-13(17-8-5-4-6-9-17)12-18-14(2)11-16(3)10-7-15/h13-14H,4-12,15H2,1-3H3. The molecular weight excluding hydrogens is 226 g/mol. The molecule has 108 valence electrons. The summed E-state index contributed by atoms with van der Waals surface area (Å²) in [5, 5.41) is 0. The van der Waals surface area contributed by atoms with Crippen molar-refractivity contribution in [2.24, 2.45) is 5.73 Å². The lowest BCUT2D eigenvalue weighted by atomic mass is 10.1. The van der Waals surface area contributed by atoms with E-state index in [0.717, 1.165) is 19.7 Å². The summed E-state index contributed by atoms with van der Waals surface area (Å²) in [5.41, 5.74) is 5.54. The fourth-order valence-electron chi connectivity index (χ4n) is 2.57. The lowest BCUT2D eigenvalue weighted by Gasteiger charge is -2.33. The average molecular weight is 257 g/mol. The van der Waals surface area contributed by atoms with Gasteiger partial charge in [-0.1, -0.05) is 6.42 Å². The van der Waals surface area contributed by atoms with Gasteiger partial charge in [0.1, 0.15) is 0 Å². The van der Waals surface area contributed by atoms with Crippen LogP contribution in [0.15, 0.2) is 0 Å². The van der Waals surface area contributed by atoms with Gasteiger partial charge in [0.15, 0.2) is 0 Å². The number of likely N-dealkylation sites (N-methyl/N-ethyl adjacent to an activating group) is 1. The van der Waals surface area contributed by atoms with E-state index in [1.807, 2.05) is 0 Å². The molecule has 0 bridgehead atoms. The summed E-state index contributed by atoms with van der Waals surface area (Å²) in [5.74, 6) is 0. The topological polar surface area (TPSA) is 41.7 Å². The second-order valence-corrected chi connectivity index (χ2v) is 5.64. The smallest absolute Gasteiger partial charge is 0.0674 e. The quantitative estimate of drug-likeness (QED) is 0.708. The van der Waals surface area contributed by atoms with E-state index < -0.39 is 0 Å². The van der Waals surface area contributed by atoms with Crippen LogP contribution in [0, 0.1) is 0 Å². The van der Waals surface area contributed by atoms with Gasteiger partial charge < -0.3 is 15.4 Å². The maximum Gasteiger partial charge on any atom is 0.0674 e. The molecule has 0 amide bonds. The molecule has 4 heteroatoms. The molecule has 0 radical (unpaired) electrons. The van der Waals surface area contributed by atoms with Crippen LogP contribution in [0.2, 0.25) is 0 Å². The third-order valence-corrected chi connectivity index (χ3v) is 3.72. The Morgan fingerprint density at radius 2 is 1.89 bits per heavy atom. The number of piperidine rings is 1. The number of hydrogen-bond acceptors (Lipinski definition) is 4. The van der Waals surface area contributed by atoms with Gasteiger partial charge in [-0.3, -0.25) is 4.90 Å². The molecule has 2 N–H and O–H groups in total. The van der Waals surface area contributed by atoms with Crippen LogP contribution in [0.5, 0.6) is 0 Å². The zero-order valence-corrected chi connectivity index (χ0v) is 12.4. The normalized spacial score (nSPS) is 21.2. The molecule has 1 aliphatic heterocycles. The van der Waals surface area contributed by atoms with Crippen molar-refractivity contribution < 1.29 is 4.74 Å². The number of hydrogen-bond donors (Lipinski definition) is 1. The van der Waals surface area contributed by atoms with Crippen LogP contribution < -0.4 is 5.73 Å². The molecule has 0 spiro atoms. The van der Waals surface area contributed by atoms with E-state index >= 15 is 0 Å². The zero-order valence-electron chi connectivity index (χ0n) is 12.4. The molecule has 1 saturated heterocycles. The summed E-state index contributed by atoms with van der Waals surface area (Å²) in [4.78, 5) is 4.79. The Morgan fingerprint density at radius 1 is 1.22 bits per heavy atom. The second kappa shape index (κ2) is 8.86. The maximum atomic E-state index is 5.95.